The summed E-state index contributed by atoms with van der Waals surface area (Å²) >= 11 is 0. The van der Waals surface area contributed by atoms with Crippen LogP contribution in [0.15, 0.2) is 182 Å². The van der Waals surface area contributed by atoms with Crippen LogP contribution < -0.4 is 9.47 Å². The molecular formula is C52H40O6. The van der Waals surface area contributed by atoms with E-state index in [1.54, 1.807) is 62.8 Å². The first-order chi connectivity index (χ1) is 28.0. The molecule has 0 aromatic heterocycles. The molecule has 7 aromatic carbocycles. The summed E-state index contributed by atoms with van der Waals surface area (Å²) in [4.78, 5) is 0. The minimum Gasteiger partial charge on any atom is -0.496 e. The van der Waals surface area contributed by atoms with Crippen LogP contribution in [0.25, 0.3) is 54.9 Å². The summed E-state index contributed by atoms with van der Waals surface area (Å²) in [5, 5.41) is 51.5. The van der Waals surface area contributed by atoms with Gasteiger partial charge in [0, 0.05) is 11.1 Å². The van der Waals surface area contributed by atoms with Crippen LogP contribution >= 0.6 is 0 Å². The third-order valence-electron chi connectivity index (χ3n) is 12.2. The fourth-order valence-corrected chi connectivity index (χ4v) is 8.68. The molecule has 0 radical (unpaired) electrons. The quantitative estimate of drug-likeness (QED) is 0.131. The molecule has 0 saturated heterocycles. The Bertz CT molecular complexity index is 2670. The Labute approximate surface area is 336 Å². The van der Waals surface area contributed by atoms with E-state index < -0.39 is 22.4 Å². The zero-order chi connectivity index (χ0) is 39.9. The highest BCUT2D eigenvalue weighted by atomic mass is 16.5. The molecule has 0 fully saturated rings. The monoisotopic (exact) mass is 760 g/mol. The van der Waals surface area contributed by atoms with Crippen LogP contribution in [0.5, 0.6) is 11.5 Å². The Kier molecular flexibility index (Phi) is 8.03. The molecule has 0 amide bonds. The molecule has 0 aliphatic heterocycles. The first-order valence-electron chi connectivity index (χ1n) is 19.3. The van der Waals surface area contributed by atoms with Crippen LogP contribution in [0.4, 0.5) is 0 Å². The van der Waals surface area contributed by atoms with E-state index in [0.29, 0.717) is 33.8 Å². The second kappa shape index (κ2) is 13.0. The maximum absolute atomic E-state index is 12.2. The zero-order valence-electron chi connectivity index (χ0n) is 31.9. The minimum atomic E-state index is -1.52. The van der Waals surface area contributed by atoms with Gasteiger partial charge in [0.25, 0.3) is 0 Å². The van der Waals surface area contributed by atoms with E-state index in [4.69, 9.17) is 9.47 Å². The van der Waals surface area contributed by atoms with Crippen molar-refractivity contribution in [1.82, 2.24) is 0 Å². The zero-order valence-corrected chi connectivity index (χ0v) is 31.9. The molecular weight excluding hydrogens is 721 g/mol. The Balaban J connectivity index is 1.19. The average Bonchev–Trinajstić information content (AvgIpc) is 3.27. The van der Waals surface area contributed by atoms with Gasteiger partial charge in [-0.1, -0.05) is 109 Å². The summed E-state index contributed by atoms with van der Waals surface area (Å²) < 4.78 is 12.1. The molecule has 0 heterocycles. The lowest BCUT2D eigenvalue weighted by atomic mass is 9.80. The summed E-state index contributed by atoms with van der Waals surface area (Å²) in [6.45, 7) is 0. The van der Waals surface area contributed by atoms with Gasteiger partial charge >= 0.3 is 0 Å². The highest BCUT2D eigenvalue weighted by Gasteiger charge is 2.36. The Morgan fingerprint density at radius 3 is 0.897 bits per heavy atom. The van der Waals surface area contributed by atoms with E-state index in [0.717, 1.165) is 54.9 Å². The van der Waals surface area contributed by atoms with Crippen molar-refractivity contribution in [3.63, 3.8) is 0 Å². The largest absolute Gasteiger partial charge is 0.496 e. The number of ether oxygens (including phenoxy) is 2. The minimum absolute atomic E-state index is 0.600. The summed E-state index contributed by atoms with van der Waals surface area (Å²) in [5.74, 6) is 1.20. The second-order valence-corrected chi connectivity index (χ2v) is 15.5. The summed E-state index contributed by atoms with van der Waals surface area (Å²) in [6, 6.07) is 43.3. The van der Waals surface area contributed by atoms with Gasteiger partial charge in [-0.15, -0.1) is 0 Å². The maximum atomic E-state index is 12.2. The predicted octanol–water partition coefficient (Wildman–Crippen LogP) is 9.73. The molecule has 0 unspecified atom stereocenters. The normalized spacial score (nSPS) is 24.0. The Morgan fingerprint density at radius 2 is 0.586 bits per heavy atom. The molecule has 6 nitrogen and oxygen atoms in total. The van der Waals surface area contributed by atoms with Gasteiger partial charge in [0.2, 0.25) is 0 Å². The van der Waals surface area contributed by atoms with E-state index in [9.17, 15) is 20.4 Å². The highest BCUT2D eigenvalue weighted by Crippen LogP contribution is 2.48. The fraction of sp³-hybridized carbons (Fsp3) is 0.115. The number of hydrogen-bond acceptors (Lipinski definition) is 6. The Hall–Kier alpha value is -6.54. The highest BCUT2D eigenvalue weighted by molar-refractivity contribution is 6.10. The van der Waals surface area contributed by atoms with Crippen molar-refractivity contribution >= 4 is 21.5 Å². The van der Waals surface area contributed by atoms with Gasteiger partial charge in [0.15, 0.2) is 0 Å². The smallest absolute Gasteiger partial charge is 0.127 e. The van der Waals surface area contributed by atoms with Crippen molar-refractivity contribution in [3.8, 4) is 44.9 Å². The van der Waals surface area contributed by atoms with Gasteiger partial charge in [0.1, 0.15) is 33.9 Å². The van der Waals surface area contributed by atoms with E-state index in [2.05, 4.69) is 24.3 Å². The fourth-order valence-electron chi connectivity index (χ4n) is 8.68. The lowest BCUT2D eigenvalue weighted by molar-refractivity contribution is 0.106. The first-order valence-corrected chi connectivity index (χ1v) is 19.3. The van der Waals surface area contributed by atoms with Crippen LogP contribution in [-0.4, -0.2) is 34.6 Å². The maximum Gasteiger partial charge on any atom is 0.127 e. The third kappa shape index (κ3) is 5.64. The van der Waals surface area contributed by atoms with Gasteiger partial charge in [-0.2, -0.15) is 0 Å². The van der Waals surface area contributed by atoms with E-state index in [-0.39, 0.29) is 0 Å². The van der Waals surface area contributed by atoms with Gasteiger partial charge in [-0.25, -0.2) is 0 Å². The summed E-state index contributed by atoms with van der Waals surface area (Å²) in [5.41, 5.74) is 2.23. The number of methoxy groups -OCH3 is 2. The molecule has 14 bridgehead atoms. The molecule has 6 heteroatoms. The van der Waals surface area contributed by atoms with E-state index in [1.165, 1.54) is 0 Å². The number of rotatable bonds is 2. The molecule has 18 rings (SSSR count). The molecule has 7 aromatic rings. The van der Waals surface area contributed by atoms with Crippen LogP contribution in [0.2, 0.25) is 0 Å². The molecule has 0 atom stereocenters. The number of aliphatic hydroxyl groups is 4. The molecule has 4 N–H and O–H groups in total. The van der Waals surface area contributed by atoms with E-state index >= 15 is 0 Å². The van der Waals surface area contributed by atoms with Gasteiger partial charge in [-0.3, -0.25) is 0 Å². The van der Waals surface area contributed by atoms with Crippen molar-refractivity contribution in [2.24, 2.45) is 0 Å². The van der Waals surface area contributed by atoms with Crippen molar-refractivity contribution in [2.45, 2.75) is 22.4 Å². The average molecular weight is 761 g/mol. The lowest BCUT2D eigenvalue weighted by Gasteiger charge is -2.32. The molecule has 284 valence electrons. The molecule has 0 saturated carbocycles. The topological polar surface area (TPSA) is 99.4 Å². The standard InChI is InChI=1S/C52H40O6/c1-57-45-21-13-37-11-19-41-31-43(37)47(45)48-44-32-42(20-12-38(44)14-22-46(48)58-2)52(56)29-25-50(54,26-30-52)40-17-9-36(10-18-40)34-5-3-33(4-6-34)35-7-15-39(16-8-35)49(53)23-27-51(41,55)28-24-49/h3-32,53-56H,1-2H3. The molecule has 0 spiro atoms. The molecule has 11 aliphatic carbocycles. The number of benzene rings is 7. The van der Waals surface area contributed by atoms with E-state index in [1.807, 2.05) is 109 Å². The van der Waals surface area contributed by atoms with Crippen LogP contribution in [0.1, 0.15) is 22.3 Å². The van der Waals surface area contributed by atoms with Gasteiger partial charge in [-0.05, 0) is 139 Å². The van der Waals surface area contributed by atoms with Crippen LogP contribution in [0.3, 0.4) is 0 Å². The van der Waals surface area contributed by atoms with Crippen LogP contribution in [0, 0.1) is 0 Å². The summed E-state index contributed by atoms with van der Waals surface area (Å²) in [7, 11) is 3.25. The second-order valence-electron chi connectivity index (χ2n) is 15.5. The Morgan fingerprint density at radius 1 is 0.328 bits per heavy atom. The van der Waals surface area contributed by atoms with Gasteiger partial charge in [0.05, 0.1) is 14.2 Å². The predicted molar refractivity (Wildman–Crippen MR) is 229 cm³/mol. The van der Waals surface area contributed by atoms with Crippen molar-refractivity contribution in [3.05, 3.63) is 204 Å². The lowest BCUT2D eigenvalue weighted by Crippen LogP contribution is -2.30. The number of fused-ring (bicyclic) bond motifs is 1. The van der Waals surface area contributed by atoms with Crippen molar-refractivity contribution in [2.75, 3.05) is 14.2 Å². The first kappa shape index (κ1) is 35.8. The number of hydrogen-bond donors (Lipinski definition) is 4. The van der Waals surface area contributed by atoms with Gasteiger partial charge < -0.3 is 29.9 Å². The SMILES string of the molecule is COc1ccc2ccc3cc2c1-c1c(OC)ccc2ccc(cc12)C1(O)C=CC(O)(C=C1)c1ccc(cc1)-c1ccc(cc1)-c1ccc(cc1)C1(O)C=CC3(O)C=C1. The van der Waals surface area contributed by atoms with Crippen molar-refractivity contribution in [1.29, 1.82) is 0 Å². The third-order valence-corrected chi connectivity index (χ3v) is 12.2. The molecule has 58 heavy (non-hydrogen) atoms. The molecule has 11 aliphatic rings. The van der Waals surface area contributed by atoms with Crippen LogP contribution in [-0.2, 0) is 22.4 Å². The van der Waals surface area contributed by atoms with Crippen molar-refractivity contribution < 1.29 is 29.9 Å². The summed E-state index contributed by atoms with van der Waals surface area (Å²) in [6.07, 6.45) is 13.1.